The van der Waals surface area contributed by atoms with Crippen LogP contribution in [0.4, 0.5) is 10.5 Å². The maximum Gasteiger partial charge on any atom is 0.317 e. The first-order valence-corrected chi connectivity index (χ1v) is 13.5. The minimum absolute atomic E-state index is 0.181. The summed E-state index contributed by atoms with van der Waals surface area (Å²) in [6.07, 6.45) is 3.69. The first-order chi connectivity index (χ1) is 15.4. The molecule has 7 nitrogen and oxygen atoms in total. The minimum Gasteiger partial charge on any atom is -0.371 e. The lowest BCUT2D eigenvalue weighted by molar-refractivity contribution is 0.206. The summed E-state index contributed by atoms with van der Waals surface area (Å²) in [4.78, 5) is 17.6. The van der Waals surface area contributed by atoms with Crippen molar-refractivity contribution in [1.29, 1.82) is 0 Å². The van der Waals surface area contributed by atoms with Crippen molar-refractivity contribution >= 4 is 33.1 Å². The molecule has 1 fully saturated rings. The number of nitrogens with zero attached hydrogens (tertiary/aromatic N) is 3. The Morgan fingerprint density at radius 2 is 1.75 bits per heavy atom. The Bertz CT molecular complexity index is 996. The molecule has 0 atom stereocenters. The van der Waals surface area contributed by atoms with Crippen molar-refractivity contribution in [2.45, 2.75) is 50.4 Å². The SMILES string of the molecule is CCN(CC)S(=O)(=O)c1ccc(CNC(=O)N(C)Cc2ccccc2N2CCCCC2)s1. The van der Waals surface area contributed by atoms with Gasteiger partial charge in [0.1, 0.15) is 4.21 Å². The molecule has 1 aromatic carbocycles. The quantitative estimate of drug-likeness (QED) is 0.589. The number of anilines is 1. The number of hydrogen-bond donors (Lipinski definition) is 1. The molecular formula is C23H34N4O3S2. The number of carbonyl (C=O) groups excluding carboxylic acids is 1. The third-order valence-electron chi connectivity index (χ3n) is 5.79. The zero-order valence-electron chi connectivity index (χ0n) is 19.2. The smallest absolute Gasteiger partial charge is 0.317 e. The Morgan fingerprint density at radius 1 is 1.06 bits per heavy atom. The Labute approximate surface area is 196 Å². The van der Waals surface area contributed by atoms with Gasteiger partial charge in [0.2, 0.25) is 0 Å². The van der Waals surface area contributed by atoms with Crippen LogP contribution in [0.5, 0.6) is 0 Å². The molecule has 2 heterocycles. The number of benzene rings is 1. The standard InChI is InChI=1S/C23H34N4O3S2/c1-4-27(5-2)32(29,30)22-14-13-20(31-22)17-24-23(28)25(3)18-19-11-7-8-12-21(19)26-15-9-6-10-16-26/h7-8,11-14H,4-6,9-10,15-18H2,1-3H3,(H,24,28). The zero-order valence-corrected chi connectivity index (χ0v) is 20.8. The Balaban J connectivity index is 1.59. The summed E-state index contributed by atoms with van der Waals surface area (Å²) in [7, 11) is -1.68. The van der Waals surface area contributed by atoms with E-state index in [4.69, 9.17) is 0 Å². The van der Waals surface area contributed by atoms with Gasteiger partial charge in [0.15, 0.2) is 0 Å². The molecule has 176 valence electrons. The highest BCUT2D eigenvalue weighted by molar-refractivity contribution is 7.91. The van der Waals surface area contributed by atoms with E-state index in [0.29, 0.717) is 30.4 Å². The molecule has 0 saturated carbocycles. The van der Waals surface area contributed by atoms with Crippen molar-refractivity contribution in [3.8, 4) is 0 Å². The predicted molar refractivity (Wildman–Crippen MR) is 131 cm³/mol. The van der Waals surface area contributed by atoms with E-state index >= 15 is 0 Å². The zero-order chi connectivity index (χ0) is 23.1. The summed E-state index contributed by atoms with van der Waals surface area (Å²) in [6.45, 7) is 7.47. The molecule has 1 N–H and O–H groups in total. The van der Waals surface area contributed by atoms with E-state index in [1.54, 1.807) is 24.1 Å². The molecule has 1 aromatic heterocycles. The lowest BCUT2D eigenvalue weighted by Gasteiger charge is -2.31. The highest BCUT2D eigenvalue weighted by Gasteiger charge is 2.23. The molecule has 0 bridgehead atoms. The Morgan fingerprint density at radius 3 is 2.44 bits per heavy atom. The number of para-hydroxylation sites is 1. The normalized spacial score (nSPS) is 14.6. The summed E-state index contributed by atoms with van der Waals surface area (Å²) >= 11 is 1.21. The van der Waals surface area contributed by atoms with Crippen LogP contribution in [0.25, 0.3) is 0 Å². The van der Waals surface area contributed by atoms with Gasteiger partial charge in [-0.1, -0.05) is 32.0 Å². The first kappa shape index (κ1) is 24.5. The number of urea groups is 1. The van der Waals surface area contributed by atoms with E-state index in [9.17, 15) is 13.2 Å². The molecule has 2 aromatic rings. The maximum atomic E-state index is 12.7. The van der Waals surface area contributed by atoms with Crippen LogP contribution in [0, 0.1) is 0 Å². The summed E-state index contributed by atoms with van der Waals surface area (Å²) in [5.74, 6) is 0. The number of amides is 2. The van der Waals surface area contributed by atoms with Crippen molar-refractivity contribution in [2.24, 2.45) is 0 Å². The van der Waals surface area contributed by atoms with Gasteiger partial charge >= 0.3 is 6.03 Å². The van der Waals surface area contributed by atoms with E-state index in [2.05, 4.69) is 22.3 Å². The highest BCUT2D eigenvalue weighted by Crippen LogP contribution is 2.26. The number of thiophene rings is 1. The molecule has 1 saturated heterocycles. The maximum absolute atomic E-state index is 12.7. The van der Waals surface area contributed by atoms with Gasteiger partial charge in [-0.3, -0.25) is 0 Å². The Hall–Kier alpha value is -2.10. The van der Waals surface area contributed by atoms with Gasteiger partial charge in [-0.25, -0.2) is 13.2 Å². The number of hydrogen-bond acceptors (Lipinski definition) is 5. The number of piperidine rings is 1. The molecule has 0 aliphatic carbocycles. The van der Waals surface area contributed by atoms with Crippen molar-refractivity contribution < 1.29 is 13.2 Å². The number of rotatable bonds is 9. The second-order valence-electron chi connectivity index (χ2n) is 8.00. The molecule has 9 heteroatoms. The second kappa shape index (κ2) is 11.2. The molecule has 0 unspecified atom stereocenters. The molecule has 1 aliphatic heterocycles. The fourth-order valence-corrected chi connectivity index (χ4v) is 6.90. The summed E-state index contributed by atoms with van der Waals surface area (Å²) in [5, 5.41) is 2.92. The average molecular weight is 479 g/mol. The topological polar surface area (TPSA) is 73.0 Å². The number of sulfonamides is 1. The Kier molecular flexibility index (Phi) is 8.56. The van der Waals surface area contributed by atoms with Crippen LogP contribution in [0.1, 0.15) is 43.6 Å². The van der Waals surface area contributed by atoms with E-state index < -0.39 is 10.0 Å². The minimum atomic E-state index is -3.47. The van der Waals surface area contributed by atoms with Gasteiger partial charge in [0.05, 0.1) is 6.54 Å². The van der Waals surface area contributed by atoms with Crippen LogP contribution < -0.4 is 10.2 Å². The van der Waals surface area contributed by atoms with Gasteiger partial charge in [-0.15, -0.1) is 11.3 Å². The number of carbonyl (C=O) groups is 1. The van der Waals surface area contributed by atoms with Crippen LogP contribution >= 0.6 is 11.3 Å². The molecule has 0 radical (unpaired) electrons. The second-order valence-corrected chi connectivity index (χ2v) is 11.3. The summed E-state index contributed by atoms with van der Waals surface area (Å²) in [5.41, 5.74) is 2.34. The molecule has 0 spiro atoms. The average Bonchev–Trinajstić information content (AvgIpc) is 3.29. The van der Waals surface area contributed by atoms with E-state index in [-0.39, 0.29) is 6.03 Å². The molecular weight excluding hydrogens is 444 g/mol. The fourth-order valence-electron chi connectivity index (χ4n) is 4.00. The summed E-state index contributed by atoms with van der Waals surface area (Å²) in [6, 6.07) is 11.5. The number of nitrogens with one attached hydrogen (secondary N) is 1. The van der Waals surface area contributed by atoms with E-state index in [0.717, 1.165) is 23.5 Å². The van der Waals surface area contributed by atoms with Crippen molar-refractivity contribution in [3.63, 3.8) is 0 Å². The van der Waals surface area contributed by atoms with Gasteiger partial charge in [-0.2, -0.15) is 4.31 Å². The van der Waals surface area contributed by atoms with Gasteiger partial charge in [0, 0.05) is 50.3 Å². The van der Waals surface area contributed by atoms with Crippen LogP contribution in [0.15, 0.2) is 40.6 Å². The van der Waals surface area contributed by atoms with Gasteiger partial charge < -0.3 is 15.1 Å². The van der Waals surface area contributed by atoms with E-state index in [1.807, 2.05) is 26.0 Å². The van der Waals surface area contributed by atoms with Crippen molar-refractivity contribution in [1.82, 2.24) is 14.5 Å². The fraction of sp³-hybridized carbons (Fsp3) is 0.522. The largest absolute Gasteiger partial charge is 0.371 e. The molecule has 3 rings (SSSR count). The van der Waals surface area contributed by atoms with Crippen LogP contribution in [-0.4, -0.2) is 56.9 Å². The third kappa shape index (κ3) is 5.82. The lowest BCUT2D eigenvalue weighted by Crippen LogP contribution is -2.37. The molecule has 1 aliphatic rings. The van der Waals surface area contributed by atoms with Crippen LogP contribution in [0.3, 0.4) is 0 Å². The van der Waals surface area contributed by atoms with Gasteiger partial charge in [0.25, 0.3) is 10.0 Å². The lowest BCUT2D eigenvalue weighted by atomic mass is 10.1. The third-order valence-corrected chi connectivity index (χ3v) is 9.40. The van der Waals surface area contributed by atoms with Crippen molar-refractivity contribution in [3.05, 3.63) is 46.8 Å². The van der Waals surface area contributed by atoms with Crippen LogP contribution in [0.2, 0.25) is 0 Å². The first-order valence-electron chi connectivity index (χ1n) is 11.3. The van der Waals surface area contributed by atoms with Crippen molar-refractivity contribution in [2.75, 3.05) is 38.1 Å². The predicted octanol–water partition coefficient (Wildman–Crippen LogP) is 4.11. The molecule has 2 amide bonds. The summed E-state index contributed by atoms with van der Waals surface area (Å²) < 4.78 is 27.1. The molecule has 32 heavy (non-hydrogen) atoms. The van der Waals surface area contributed by atoms with Crippen LogP contribution in [-0.2, 0) is 23.1 Å². The van der Waals surface area contributed by atoms with Gasteiger partial charge in [-0.05, 0) is 43.0 Å². The van der Waals surface area contributed by atoms with E-state index in [1.165, 1.54) is 40.6 Å². The monoisotopic (exact) mass is 478 g/mol. The highest BCUT2D eigenvalue weighted by atomic mass is 32.2.